The van der Waals surface area contributed by atoms with Crippen molar-refractivity contribution in [3.63, 3.8) is 0 Å². The van der Waals surface area contributed by atoms with Crippen LogP contribution >= 0.6 is 0 Å². The number of aromatic amines is 1. The number of likely N-dealkylation sites (N-methyl/N-ethyl adjacent to an activating group) is 1. The van der Waals surface area contributed by atoms with E-state index in [4.69, 9.17) is 4.74 Å². The molecule has 0 aliphatic carbocycles. The van der Waals surface area contributed by atoms with E-state index in [2.05, 4.69) is 20.2 Å². The number of aromatic nitrogens is 2. The number of H-pyrrole nitrogens is 1. The molecule has 3 rings (SSSR count). The molecule has 2 amide bonds. The van der Waals surface area contributed by atoms with Crippen molar-refractivity contribution in [2.24, 2.45) is 0 Å². The number of methoxy groups -OCH3 is 1. The zero-order valence-electron chi connectivity index (χ0n) is 17.9. The fourth-order valence-corrected chi connectivity index (χ4v) is 3.80. The molecule has 1 atom stereocenters. The summed E-state index contributed by atoms with van der Waals surface area (Å²) in [5.74, 6) is 0.107. The van der Waals surface area contributed by atoms with Crippen molar-refractivity contribution in [3.8, 4) is 0 Å². The monoisotopic (exact) mass is 401 g/mol. The van der Waals surface area contributed by atoms with Gasteiger partial charge in [-0.3, -0.25) is 14.5 Å². The van der Waals surface area contributed by atoms with Crippen molar-refractivity contribution in [3.05, 3.63) is 24.4 Å². The molecule has 1 fully saturated rings. The van der Waals surface area contributed by atoms with Crippen LogP contribution in [0.15, 0.2) is 24.4 Å². The van der Waals surface area contributed by atoms with Crippen LogP contribution in [0.4, 0.5) is 5.82 Å². The molecule has 0 unspecified atom stereocenters. The Labute approximate surface area is 171 Å². The molecule has 2 aromatic rings. The van der Waals surface area contributed by atoms with E-state index < -0.39 is 11.6 Å². The van der Waals surface area contributed by atoms with Gasteiger partial charge in [0.15, 0.2) is 0 Å². The van der Waals surface area contributed by atoms with Crippen molar-refractivity contribution < 1.29 is 14.3 Å². The third-order valence-electron chi connectivity index (χ3n) is 6.03. The Morgan fingerprint density at radius 1 is 1.31 bits per heavy atom. The number of likely N-dealkylation sites (tertiary alicyclic amines) is 1. The lowest BCUT2D eigenvalue weighted by Gasteiger charge is -2.43. The number of rotatable bonds is 6. The summed E-state index contributed by atoms with van der Waals surface area (Å²) in [7, 11) is 3.41. The molecular formula is C21H31N5O3. The van der Waals surface area contributed by atoms with Crippen LogP contribution in [-0.2, 0) is 14.3 Å². The van der Waals surface area contributed by atoms with Crippen LogP contribution in [0.25, 0.3) is 11.0 Å². The molecule has 0 spiro atoms. The number of hydrogen-bond acceptors (Lipinski definition) is 5. The number of nitrogens with zero attached hydrogens (tertiary/aromatic N) is 3. The number of anilines is 1. The Morgan fingerprint density at radius 2 is 2.00 bits per heavy atom. The normalized spacial score (nSPS) is 17.3. The zero-order valence-corrected chi connectivity index (χ0v) is 17.9. The largest absolute Gasteiger partial charge is 0.381 e. The maximum atomic E-state index is 13.2. The molecule has 2 aromatic heterocycles. The van der Waals surface area contributed by atoms with Crippen molar-refractivity contribution in [1.82, 2.24) is 19.8 Å². The zero-order chi connectivity index (χ0) is 21.2. The first-order chi connectivity index (χ1) is 13.7. The molecule has 1 saturated heterocycles. The summed E-state index contributed by atoms with van der Waals surface area (Å²) in [4.78, 5) is 37.0. The van der Waals surface area contributed by atoms with Gasteiger partial charge in [-0.25, -0.2) is 4.98 Å². The average molecular weight is 402 g/mol. The van der Waals surface area contributed by atoms with Gasteiger partial charge >= 0.3 is 0 Å². The number of amides is 2. The van der Waals surface area contributed by atoms with Gasteiger partial charge < -0.3 is 19.9 Å². The van der Waals surface area contributed by atoms with Gasteiger partial charge in [0, 0.05) is 38.8 Å². The highest BCUT2D eigenvalue weighted by atomic mass is 16.5. The van der Waals surface area contributed by atoms with Gasteiger partial charge in [0.05, 0.1) is 11.6 Å². The predicted octanol–water partition coefficient (Wildman–Crippen LogP) is 2.24. The highest BCUT2D eigenvalue weighted by Gasteiger charge is 2.40. The van der Waals surface area contributed by atoms with Gasteiger partial charge in [-0.1, -0.05) is 0 Å². The minimum atomic E-state index is -0.691. The molecule has 1 aliphatic heterocycles. The number of pyridine rings is 1. The van der Waals surface area contributed by atoms with E-state index >= 15 is 0 Å². The van der Waals surface area contributed by atoms with E-state index in [0.29, 0.717) is 11.5 Å². The summed E-state index contributed by atoms with van der Waals surface area (Å²) in [6.45, 7) is 7.17. The fourth-order valence-electron chi connectivity index (χ4n) is 3.80. The standard InChI is InChI=1S/C21H31N5O3/c1-14(19(27)24-17-7-6-15-8-11-22-18(15)23-17)25(4)20(28)21(2,3)26-12-9-16(29-5)10-13-26/h6-8,11,14,16H,9-10,12-13H2,1-5H3,(H2,22,23,24,27)/t14-/m1/s1. The van der Waals surface area contributed by atoms with Gasteiger partial charge in [0.2, 0.25) is 11.8 Å². The van der Waals surface area contributed by atoms with Crippen molar-refractivity contribution >= 4 is 28.7 Å². The predicted molar refractivity (Wildman–Crippen MR) is 113 cm³/mol. The molecule has 158 valence electrons. The Hall–Kier alpha value is -2.45. The second-order valence-electron chi connectivity index (χ2n) is 8.17. The third kappa shape index (κ3) is 4.43. The van der Waals surface area contributed by atoms with E-state index in [-0.39, 0.29) is 17.9 Å². The molecule has 1 aliphatic rings. The van der Waals surface area contributed by atoms with Crippen LogP contribution in [0.1, 0.15) is 33.6 Å². The minimum Gasteiger partial charge on any atom is -0.381 e. The Kier molecular flexibility index (Phi) is 6.24. The van der Waals surface area contributed by atoms with E-state index in [9.17, 15) is 9.59 Å². The highest BCUT2D eigenvalue weighted by molar-refractivity contribution is 5.98. The first-order valence-corrected chi connectivity index (χ1v) is 10.0. The van der Waals surface area contributed by atoms with Crippen LogP contribution < -0.4 is 5.32 Å². The third-order valence-corrected chi connectivity index (χ3v) is 6.03. The fraction of sp³-hybridized carbons (Fsp3) is 0.571. The topological polar surface area (TPSA) is 90.6 Å². The Morgan fingerprint density at radius 3 is 2.66 bits per heavy atom. The number of carbonyl (C=O) groups is 2. The number of fused-ring (bicyclic) bond motifs is 1. The first-order valence-electron chi connectivity index (χ1n) is 10.0. The number of nitrogens with one attached hydrogen (secondary N) is 2. The van der Waals surface area contributed by atoms with E-state index in [1.807, 2.05) is 26.0 Å². The lowest BCUT2D eigenvalue weighted by Crippen LogP contribution is -2.60. The van der Waals surface area contributed by atoms with E-state index in [1.165, 1.54) is 4.90 Å². The van der Waals surface area contributed by atoms with Gasteiger partial charge in [-0.05, 0) is 51.8 Å². The number of ether oxygens (including phenoxy) is 1. The maximum Gasteiger partial charge on any atom is 0.248 e. The van der Waals surface area contributed by atoms with Crippen molar-refractivity contribution in [2.45, 2.75) is 51.3 Å². The summed E-state index contributed by atoms with van der Waals surface area (Å²) >= 11 is 0. The number of piperidine rings is 1. The summed E-state index contributed by atoms with van der Waals surface area (Å²) < 4.78 is 5.42. The average Bonchev–Trinajstić information content (AvgIpc) is 3.19. The number of carbonyl (C=O) groups excluding carboxylic acids is 2. The molecule has 0 saturated carbocycles. The van der Waals surface area contributed by atoms with E-state index in [1.54, 1.807) is 33.3 Å². The van der Waals surface area contributed by atoms with Gasteiger partial charge in [-0.15, -0.1) is 0 Å². The summed E-state index contributed by atoms with van der Waals surface area (Å²) in [6.07, 6.45) is 3.86. The first kappa shape index (κ1) is 21.3. The van der Waals surface area contributed by atoms with Crippen LogP contribution in [0.2, 0.25) is 0 Å². The lowest BCUT2D eigenvalue weighted by atomic mass is 9.95. The molecular weight excluding hydrogens is 370 g/mol. The summed E-state index contributed by atoms with van der Waals surface area (Å²) in [5.41, 5.74) is 0.0177. The van der Waals surface area contributed by atoms with Crippen LogP contribution in [0, 0.1) is 0 Å². The Bertz CT molecular complexity index is 870. The second-order valence-corrected chi connectivity index (χ2v) is 8.17. The van der Waals surface area contributed by atoms with Crippen molar-refractivity contribution in [1.29, 1.82) is 0 Å². The van der Waals surface area contributed by atoms with Crippen LogP contribution in [0.3, 0.4) is 0 Å². The van der Waals surface area contributed by atoms with Gasteiger partial charge in [0.25, 0.3) is 0 Å². The lowest BCUT2D eigenvalue weighted by molar-refractivity contribution is -0.147. The summed E-state index contributed by atoms with van der Waals surface area (Å²) in [6, 6.07) is 4.94. The number of hydrogen-bond donors (Lipinski definition) is 2. The molecule has 0 aromatic carbocycles. The van der Waals surface area contributed by atoms with E-state index in [0.717, 1.165) is 31.3 Å². The highest BCUT2D eigenvalue weighted by Crippen LogP contribution is 2.24. The second kappa shape index (κ2) is 8.51. The SMILES string of the molecule is COC1CCN(C(C)(C)C(=O)N(C)[C@H](C)C(=O)Nc2ccc3cc[nH]c3n2)CC1. The summed E-state index contributed by atoms with van der Waals surface area (Å²) in [5, 5.41) is 3.78. The van der Waals surface area contributed by atoms with Crippen LogP contribution in [0.5, 0.6) is 0 Å². The minimum absolute atomic E-state index is 0.0798. The van der Waals surface area contributed by atoms with Crippen molar-refractivity contribution in [2.75, 3.05) is 32.6 Å². The van der Waals surface area contributed by atoms with Crippen LogP contribution in [-0.4, -0.2) is 76.5 Å². The molecule has 29 heavy (non-hydrogen) atoms. The maximum absolute atomic E-state index is 13.2. The molecule has 8 nitrogen and oxygen atoms in total. The molecule has 0 radical (unpaired) electrons. The molecule has 0 bridgehead atoms. The molecule has 2 N–H and O–H groups in total. The quantitative estimate of drug-likeness (QED) is 0.775. The smallest absolute Gasteiger partial charge is 0.248 e. The Balaban J connectivity index is 1.63. The van der Waals surface area contributed by atoms with Gasteiger partial charge in [0.1, 0.15) is 17.5 Å². The van der Waals surface area contributed by atoms with Gasteiger partial charge in [-0.2, -0.15) is 0 Å². The molecule has 3 heterocycles. The molecule has 8 heteroatoms.